The largest absolute Gasteiger partial charge is 0.508 e. The second-order valence-electron chi connectivity index (χ2n) is 6.59. The van der Waals surface area contributed by atoms with E-state index in [9.17, 15) is 19.6 Å². The van der Waals surface area contributed by atoms with Crippen LogP contribution in [0.1, 0.15) is 22.3 Å². The zero-order chi connectivity index (χ0) is 19.8. The number of rotatable bonds is 3. The van der Waals surface area contributed by atoms with Crippen LogP contribution in [0.25, 0.3) is 11.1 Å². The fraction of sp³-hybridized carbons (Fsp3) is 0.0909. The zero-order valence-corrected chi connectivity index (χ0v) is 15.0. The van der Waals surface area contributed by atoms with Crippen molar-refractivity contribution in [2.75, 3.05) is 6.61 Å². The zero-order valence-electron chi connectivity index (χ0n) is 15.0. The van der Waals surface area contributed by atoms with Gasteiger partial charge >= 0.3 is 0 Å². The van der Waals surface area contributed by atoms with Gasteiger partial charge in [0.1, 0.15) is 23.9 Å². The lowest BCUT2D eigenvalue weighted by atomic mass is 9.87. The smallest absolute Gasteiger partial charge is 0.269 e. The van der Waals surface area contributed by atoms with Crippen molar-refractivity contribution in [1.82, 2.24) is 0 Å². The summed E-state index contributed by atoms with van der Waals surface area (Å²) in [5.74, 6) is 0.321. The second kappa shape index (κ2) is 6.81. The minimum absolute atomic E-state index is 0.00140. The molecule has 3 aromatic carbocycles. The molecule has 28 heavy (non-hydrogen) atoms. The molecule has 1 aliphatic heterocycles. The molecule has 1 heterocycles. The maximum Gasteiger partial charge on any atom is 0.269 e. The number of hydrogen-bond donors (Lipinski definition) is 1. The van der Waals surface area contributed by atoms with E-state index < -0.39 is 4.92 Å². The number of fused-ring (bicyclic) bond motifs is 1. The normalized spacial score (nSPS) is 13.1. The quantitative estimate of drug-likeness (QED) is 0.509. The van der Waals surface area contributed by atoms with Crippen molar-refractivity contribution >= 4 is 16.8 Å². The number of halogens is 1. The third-order valence-corrected chi connectivity index (χ3v) is 4.78. The van der Waals surface area contributed by atoms with Crippen molar-refractivity contribution in [3.05, 3.63) is 98.8 Å². The summed E-state index contributed by atoms with van der Waals surface area (Å²) in [7, 11) is 0. The maximum atomic E-state index is 13.8. The van der Waals surface area contributed by atoms with Gasteiger partial charge in [-0.3, -0.25) is 10.1 Å². The predicted molar refractivity (Wildman–Crippen MR) is 104 cm³/mol. The lowest BCUT2D eigenvalue weighted by Crippen LogP contribution is -2.12. The Morgan fingerprint density at radius 3 is 2.43 bits per heavy atom. The Morgan fingerprint density at radius 2 is 1.75 bits per heavy atom. The average Bonchev–Trinajstić information content (AvgIpc) is 2.69. The van der Waals surface area contributed by atoms with Crippen LogP contribution in [0.3, 0.4) is 0 Å². The number of nitro groups is 1. The molecule has 0 radical (unpaired) electrons. The maximum absolute atomic E-state index is 13.8. The molecule has 0 aromatic heterocycles. The third kappa shape index (κ3) is 3.09. The summed E-state index contributed by atoms with van der Waals surface area (Å²) in [6, 6.07) is 16.0. The number of nitro benzene ring substituents is 1. The summed E-state index contributed by atoms with van der Waals surface area (Å²) in [4.78, 5) is 10.5. The van der Waals surface area contributed by atoms with E-state index in [0.29, 0.717) is 11.3 Å². The molecule has 1 N–H and O–H groups in total. The molecule has 0 amide bonds. The first kappa shape index (κ1) is 17.7. The van der Waals surface area contributed by atoms with E-state index in [1.54, 1.807) is 43.3 Å². The summed E-state index contributed by atoms with van der Waals surface area (Å²) in [6.45, 7) is 1.93. The molecular weight excluding hydrogens is 361 g/mol. The summed E-state index contributed by atoms with van der Waals surface area (Å²) < 4.78 is 19.6. The van der Waals surface area contributed by atoms with Gasteiger partial charge in [-0.25, -0.2) is 4.39 Å². The van der Waals surface area contributed by atoms with Crippen molar-refractivity contribution in [2.45, 2.75) is 6.92 Å². The highest BCUT2D eigenvalue weighted by atomic mass is 19.1. The van der Waals surface area contributed by atoms with E-state index in [4.69, 9.17) is 4.74 Å². The van der Waals surface area contributed by atoms with Crippen molar-refractivity contribution in [1.29, 1.82) is 0 Å². The number of nitrogens with zero attached hydrogens (tertiary/aromatic N) is 1. The van der Waals surface area contributed by atoms with Crippen LogP contribution in [0.5, 0.6) is 11.5 Å². The summed E-state index contributed by atoms with van der Waals surface area (Å²) in [5, 5.41) is 20.8. The first-order chi connectivity index (χ1) is 13.4. The molecule has 1 aliphatic rings. The minimum atomic E-state index is -0.446. The highest BCUT2D eigenvalue weighted by Gasteiger charge is 2.24. The van der Waals surface area contributed by atoms with Gasteiger partial charge in [0.05, 0.1) is 4.92 Å². The summed E-state index contributed by atoms with van der Waals surface area (Å²) in [5.41, 5.74) is 4.54. The van der Waals surface area contributed by atoms with Gasteiger partial charge in [-0.2, -0.15) is 0 Å². The Bertz CT molecular complexity index is 1120. The summed E-state index contributed by atoms with van der Waals surface area (Å²) >= 11 is 0. The number of non-ortho nitro benzene ring substituents is 1. The SMILES string of the molecule is Cc1cc(C2=C(c3ccc([N+](=O)[O-])cc3)c3ccc(O)cc3OC2)ccc1F. The van der Waals surface area contributed by atoms with Gasteiger partial charge in [0.2, 0.25) is 0 Å². The molecule has 0 spiro atoms. The van der Waals surface area contributed by atoms with Gasteiger partial charge in [-0.1, -0.05) is 6.07 Å². The molecule has 0 aliphatic carbocycles. The van der Waals surface area contributed by atoms with Crippen LogP contribution in [0.2, 0.25) is 0 Å². The van der Waals surface area contributed by atoms with Gasteiger partial charge < -0.3 is 9.84 Å². The van der Waals surface area contributed by atoms with Crippen LogP contribution in [0.15, 0.2) is 60.7 Å². The fourth-order valence-corrected chi connectivity index (χ4v) is 3.36. The van der Waals surface area contributed by atoms with Crippen molar-refractivity contribution in [3.8, 4) is 11.5 Å². The Labute approximate surface area is 160 Å². The van der Waals surface area contributed by atoms with Crippen molar-refractivity contribution < 1.29 is 19.2 Å². The fourth-order valence-electron chi connectivity index (χ4n) is 3.36. The number of benzene rings is 3. The van der Waals surface area contributed by atoms with E-state index >= 15 is 0 Å². The first-order valence-electron chi connectivity index (χ1n) is 8.65. The molecule has 3 aromatic rings. The number of ether oxygens (including phenoxy) is 1. The number of aromatic hydroxyl groups is 1. The molecule has 0 bridgehead atoms. The van der Waals surface area contributed by atoms with Gasteiger partial charge in [0.15, 0.2) is 0 Å². The number of phenols is 1. The van der Waals surface area contributed by atoms with Gasteiger partial charge in [0.25, 0.3) is 5.69 Å². The number of aryl methyl sites for hydroxylation is 1. The van der Waals surface area contributed by atoms with E-state index in [1.807, 2.05) is 0 Å². The topological polar surface area (TPSA) is 72.6 Å². The monoisotopic (exact) mass is 377 g/mol. The van der Waals surface area contributed by atoms with Crippen LogP contribution < -0.4 is 4.74 Å². The number of phenolic OH excluding ortho intramolecular Hbond substituents is 1. The van der Waals surface area contributed by atoms with E-state index in [2.05, 4.69) is 0 Å². The molecule has 0 atom stereocenters. The standard InChI is InChI=1S/C22H16FNO4/c1-13-10-15(4-9-20(13)23)19-12-28-21-11-17(25)7-8-18(21)22(19)14-2-5-16(6-3-14)24(26)27/h2-11,25H,12H2,1H3. The molecule has 0 fully saturated rings. The molecular formula is C22H16FNO4. The van der Waals surface area contributed by atoms with Crippen LogP contribution in [-0.4, -0.2) is 16.6 Å². The van der Waals surface area contributed by atoms with Crippen LogP contribution >= 0.6 is 0 Å². The van der Waals surface area contributed by atoms with E-state index in [0.717, 1.165) is 27.8 Å². The lowest BCUT2D eigenvalue weighted by molar-refractivity contribution is -0.384. The number of hydrogen-bond acceptors (Lipinski definition) is 4. The Kier molecular flexibility index (Phi) is 4.31. The van der Waals surface area contributed by atoms with E-state index in [1.165, 1.54) is 24.3 Å². The van der Waals surface area contributed by atoms with Crippen molar-refractivity contribution in [3.63, 3.8) is 0 Å². The lowest BCUT2D eigenvalue weighted by Gasteiger charge is -2.25. The Balaban J connectivity index is 1.95. The summed E-state index contributed by atoms with van der Waals surface area (Å²) in [6.07, 6.45) is 0. The average molecular weight is 377 g/mol. The van der Waals surface area contributed by atoms with Crippen molar-refractivity contribution in [2.24, 2.45) is 0 Å². The Hall–Kier alpha value is -3.67. The highest BCUT2D eigenvalue weighted by molar-refractivity contribution is 6.01. The predicted octanol–water partition coefficient (Wildman–Crippen LogP) is 5.10. The molecule has 4 rings (SSSR count). The first-order valence-corrected chi connectivity index (χ1v) is 8.65. The second-order valence-corrected chi connectivity index (χ2v) is 6.59. The molecule has 0 saturated heterocycles. The molecule has 0 unspecified atom stereocenters. The van der Waals surface area contributed by atoms with Gasteiger partial charge in [-0.05, 0) is 65.6 Å². The van der Waals surface area contributed by atoms with Crippen LogP contribution in [-0.2, 0) is 0 Å². The molecule has 5 nitrogen and oxygen atoms in total. The molecule has 140 valence electrons. The van der Waals surface area contributed by atoms with Crippen LogP contribution in [0, 0.1) is 22.9 Å². The Morgan fingerprint density at radius 1 is 1.04 bits per heavy atom. The third-order valence-electron chi connectivity index (χ3n) is 4.78. The van der Waals surface area contributed by atoms with Gasteiger partial charge in [-0.15, -0.1) is 0 Å². The van der Waals surface area contributed by atoms with E-state index in [-0.39, 0.29) is 23.9 Å². The van der Waals surface area contributed by atoms with Crippen LogP contribution in [0.4, 0.5) is 10.1 Å². The molecule has 0 saturated carbocycles. The minimum Gasteiger partial charge on any atom is -0.508 e. The molecule has 6 heteroatoms. The van der Waals surface area contributed by atoms with Gasteiger partial charge in [0, 0.05) is 29.3 Å². The highest BCUT2D eigenvalue weighted by Crippen LogP contribution is 2.42.